The molecule has 0 unspecified atom stereocenters. The number of ether oxygens (including phenoxy) is 2. The van der Waals surface area contributed by atoms with Crippen molar-refractivity contribution >= 4 is 50.1 Å². The maximum absolute atomic E-state index is 12.3. The molecule has 0 bridgehead atoms. The number of rotatable bonds is 4. The van der Waals surface area contributed by atoms with Crippen LogP contribution < -0.4 is 14.8 Å². The van der Waals surface area contributed by atoms with Gasteiger partial charge in [-0.05, 0) is 52.9 Å². The van der Waals surface area contributed by atoms with Crippen LogP contribution in [0.5, 0.6) is 11.5 Å². The van der Waals surface area contributed by atoms with Crippen LogP contribution >= 0.6 is 38.5 Å². The normalized spacial score (nSPS) is 10.1. The SMILES string of the molecule is COc1ccc(NC(=O)c2cc(Br)ccc2I)cc1OC. The van der Waals surface area contributed by atoms with Crippen molar-refractivity contribution in [2.24, 2.45) is 0 Å². The Kier molecular flexibility index (Phi) is 5.46. The van der Waals surface area contributed by atoms with E-state index in [-0.39, 0.29) is 5.91 Å². The lowest BCUT2D eigenvalue weighted by Crippen LogP contribution is -2.13. The van der Waals surface area contributed by atoms with Crippen molar-refractivity contribution in [3.05, 3.63) is 50.0 Å². The average Bonchev–Trinajstić information content (AvgIpc) is 2.49. The summed E-state index contributed by atoms with van der Waals surface area (Å²) in [5.41, 5.74) is 1.26. The molecule has 6 heteroatoms. The van der Waals surface area contributed by atoms with E-state index in [0.29, 0.717) is 22.7 Å². The van der Waals surface area contributed by atoms with E-state index in [1.165, 1.54) is 0 Å². The largest absolute Gasteiger partial charge is 0.493 e. The number of hydrogen-bond acceptors (Lipinski definition) is 3. The predicted octanol–water partition coefficient (Wildman–Crippen LogP) is 4.32. The Morgan fingerprint density at radius 1 is 1.10 bits per heavy atom. The van der Waals surface area contributed by atoms with E-state index in [1.54, 1.807) is 38.5 Å². The van der Waals surface area contributed by atoms with Crippen molar-refractivity contribution in [2.75, 3.05) is 19.5 Å². The summed E-state index contributed by atoms with van der Waals surface area (Å²) in [7, 11) is 3.13. The first-order valence-electron chi connectivity index (χ1n) is 6.03. The van der Waals surface area contributed by atoms with Crippen LogP contribution in [0.4, 0.5) is 5.69 Å². The molecule has 0 radical (unpaired) electrons. The van der Waals surface area contributed by atoms with Crippen molar-refractivity contribution in [3.63, 3.8) is 0 Å². The standard InChI is InChI=1S/C15H13BrINO3/c1-20-13-6-4-10(8-14(13)21-2)18-15(19)11-7-9(16)3-5-12(11)17/h3-8H,1-2H3,(H,18,19). The maximum Gasteiger partial charge on any atom is 0.256 e. The molecule has 0 aliphatic heterocycles. The molecule has 1 amide bonds. The molecule has 0 spiro atoms. The highest BCUT2D eigenvalue weighted by Gasteiger charge is 2.12. The fourth-order valence-corrected chi connectivity index (χ4v) is 2.73. The van der Waals surface area contributed by atoms with Gasteiger partial charge < -0.3 is 14.8 Å². The number of benzene rings is 2. The average molecular weight is 462 g/mol. The second kappa shape index (κ2) is 7.13. The highest BCUT2D eigenvalue weighted by atomic mass is 127. The molecule has 0 aromatic heterocycles. The summed E-state index contributed by atoms with van der Waals surface area (Å²) in [6, 6.07) is 10.8. The van der Waals surface area contributed by atoms with Gasteiger partial charge in [0.25, 0.3) is 5.91 Å². The Hall–Kier alpha value is -1.28. The number of methoxy groups -OCH3 is 2. The zero-order valence-corrected chi connectivity index (χ0v) is 15.2. The fraction of sp³-hybridized carbons (Fsp3) is 0.133. The summed E-state index contributed by atoms with van der Waals surface area (Å²) in [6.45, 7) is 0. The highest BCUT2D eigenvalue weighted by molar-refractivity contribution is 14.1. The molecule has 110 valence electrons. The van der Waals surface area contributed by atoms with Crippen molar-refractivity contribution in [1.82, 2.24) is 0 Å². The first-order valence-corrected chi connectivity index (χ1v) is 7.90. The topological polar surface area (TPSA) is 47.6 Å². The van der Waals surface area contributed by atoms with Crippen LogP contribution in [0.25, 0.3) is 0 Å². The summed E-state index contributed by atoms with van der Waals surface area (Å²) < 4.78 is 12.1. The highest BCUT2D eigenvalue weighted by Crippen LogP contribution is 2.30. The smallest absolute Gasteiger partial charge is 0.256 e. The molecule has 0 saturated heterocycles. The van der Waals surface area contributed by atoms with Crippen molar-refractivity contribution in [3.8, 4) is 11.5 Å². The monoisotopic (exact) mass is 461 g/mol. The van der Waals surface area contributed by atoms with E-state index >= 15 is 0 Å². The molecule has 4 nitrogen and oxygen atoms in total. The van der Waals surface area contributed by atoms with E-state index in [0.717, 1.165) is 8.04 Å². The summed E-state index contributed by atoms with van der Waals surface area (Å²) in [4.78, 5) is 12.3. The summed E-state index contributed by atoms with van der Waals surface area (Å²) in [5.74, 6) is 1.01. The van der Waals surface area contributed by atoms with E-state index in [4.69, 9.17) is 9.47 Å². The van der Waals surface area contributed by atoms with E-state index in [1.807, 2.05) is 12.1 Å². The minimum Gasteiger partial charge on any atom is -0.493 e. The van der Waals surface area contributed by atoms with Gasteiger partial charge in [0.1, 0.15) is 0 Å². The molecule has 2 aromatic rings. The molecule has 0 heterocycles. The van der Waals surface area contributed by atoms with Gasteiger partial charge in [0.15, 0.2) is 11.5 Å². The number of carbonyl (C=O) groups is 1. The molecule has 2 rings (SSSR count). The Morgan fingerprint density at radius 2 is 1.81 bits per heavy atom. The first-order chi connectivity index (χ1) is 10.0. The molecule has 0 aliphatic carbocycles. The number of nitrogens with one attached hydrogen (secondary N) is 1. The molecule has 0 atom stereocenters. The third kappa shape index (κ3) is 3.88. The van der Waals surface area contributed by atoms with Crippen molar-refractivity contribution < 1.29 is 14.3 Å². The molecule has 1 N–H and O–H groups in total. The van der Waals surface area contributed by atoms with Crippen molar-refractivity contribution in [2.45, 2.75) is 0 Å². The minimum atomic E-state index is -0.173. The van der Waals surface area contributed by atoms with E-state index in [9.17, 15) is 4.79 Å². The second-order valence-electron chi connectivity index (χ2n) is 4.15. The Labute approximate surface area is 145 Å². The van der Waals surface area contributed by atoms with Crippen LogP contribution in [0.3, 0.4) is 0 Å². The first kappa shape index (κ1) is 16.1. The van der Waals surface area contributed by atoms with Gasteiger partial charge in [-0.2, -0.15) is 0 Å². The number of halogens is 2. The fourth-order valence-electron chi connectivity index (χ4n) is 1.78. The molecular weight excluding hydrogens is 449 g/mol. The van der Waals surface area contributed by atoms with Gasteiger partial charge >= 0.3 is 0 Å². The quantitative estimate of drug-likeness (QED) is 0.689. The van der Waals surface area contributed by atoms with Gasteiger partial charge in [-0.15, -0.1) is 0 Å². The molecule has 0 fully saturated rings. The third-order valence-electron chi connectivity index (χ3n) is 2.81. The molecular formula is C15H13BrINO3. The lowest BCUT2D eigenvalue weighted by Gasteiger charge is -2.11. The van der Waals surface area contributed by atoms with E-state index < -0.39 is 0 Å². The summed E-state index contributed by atoms with van der Waals surface area (Å²) >= 11 is 5.51. The van der Waals surface area contributed by atoms with Crippen LogP contribution in [-0.2, 0) is 0 Å². The maximum atomic E-state index is 12.3. The third-order valence-corrected chi connectivity index (χ3v) is 4.25. The molecule has 2 aromatic carbocycles. The zero-order valence-electron chi connectivity index (χ0n) is 11.4. The van der Waals surface area contributed by atoms with Gasteiger partial charge in [0.05, 0.1) is 19.8 Å². The minimum absolute atomic E-state index is 0.173. The summed E-state index contributed by atoms with van der Waals surface area (Å²) in [5, 5.41) is 2.85. The number of hydrogen-bond donors (Lipinski definition) is 1. The van der Waals surface area contributed by atoms with Gasteiger partial charge in [0, 0.05) is 19.8 Å². The van der Waals surface area contributed by atoms with Crippen LogP contribution in [0.1, 0.15) is 10.4 Å². The number of anilines is 1. The summed E-state index contributed by atoms with van der Waals surface area (Å²) in [6.07, 6.45) is 0. The number of amides is 1. The van der Waals surface area contributed by atoms with Crippen LogP contribution in [0, 0.1) is 3.57 Å². The molecule has 21 heavy (non-hydrogen) atoms. The Bertz CT molecular complexity index is 676. The predicted molar refractivity (Wildman–Crippen MR) is 94.4 cm³/mol. The van der Waals surface area contributed by atoms with Gasteiger partial charge in [-0.1, -0.05) is 15.9 Å². The van der Waals surface area contributed by atoms with Crippen LogP contribution in [0.15, 0.2) is 40.9 Å². The zero-order chi connectivity index (χ0) is 15.4. The lowest BCUT2D eigenvalue weighted by atomic mass is 10.2. The second-order valence-corrected chi connectivity index (χ2v) is 6.23. The van der Waals surface area contributed by atoms with Crippen LogP contribution in [-0.4, -0.2) is 20.1 Å². The van der Waals surface area contributed by atoms with Gasteiger partial charge in [-0.25, -0.2) is 0 Å². The molecule has 0 saturated carbocycles. The Morgan fingerprint density at radius 3 is 2.48 bits per heavy atom. The van der Waals surface area contributed by atoms with Crippen molar-refractivity contribution in [1.29, 1.82) is 0 Å². The van der Waals surface area contributed by atoms with Crippen LogP contribution in [0.2, 0.25) is 0 Å². The van der Waals surface area contributed by atoms with Gasteiger partial charge in [0.2, 0.25) is 0 Å². The Balaban J connectivity index is 2.25. The lowest BCUT2D eigenvalue weighted by molar-refractivity contribution is 0.102. The van der Waals surface area contributed by atoms with Gasteiger partial charge in [-0.3, -0.25) is 4.79 Å². The van der Waals surface area contributed by atoms with E-state index in [2.05, 4.69) is 43.8 Å². The molecule has 0 aliphatic rings. The number of carbonyl (C=O) groups excluding carboxylic acids is 1.